The van der Waals surface area contributed by atoms with Crippen molar-refractivity contribution in [2.45, 2.75) is 40.0 Å². The molecule has 3 aromatic rings. The lowest BCUT2D eigenvalue weighted by molar-refractivity contribution is 0.104. The monoisotopic (exact) mass is 472 g/mol. The van der Waals surface area contributed by atoms with Crippen LogP contribution < -0.4 is 10.2 Å². The van der Waals surface area contributed by atoms with Gasteiger partial charge in [-0.15, -0.1) is 0 Å². The van der Waals surface area contributed by atoms with Gasteiger partial charge in [-0.3, -0.25) is 4.79 Å². The summed E-state index contributed by atoms with van der Waals surface area (Å²) >= 11 is 0. The van der Waals surface area contributed by atoms with Gasteiger partial charge in [0.25, 0.3) is 0 Å². The van der Waals surface area contributed by atoms with Gasteiger partial charge < -0.3 is 19.6 Å². The molecule has 6 nitrogen and oxygen atoms in total. The van der Waals surface area contributed by atoms with Crippen LogP contribution >= 0.6 is 0 Å². The van der Waals surface area contributed by atoms with Gasteiger partial charge in [0.15, 0.2) is 11.5 Å². The van der Waals surface area contributed by atoms with Crippen molar-refractivity contribution in [2.24, 2.45) is 17.8 Å². The zero-order valence-electron chi connectivity index (χ0n) is 21.1. The van der Waals surface area contributed by atoms with E-state index in [1.54, 1.807) is 0 Å². The van der Waals surface area contributed by atoms with Crippen molar-refractivity contribution in [3.8, 4) is 11.3 Å². The Bertz CT molecular complexity index is 1250. The SMILES string of the molecule is CC1CCN(CCNc2cc(N3C[C@H](C)C[C@H](C)C3)c3noc4c3c2C(=O)c2ccccc2-4)CC1. The van der Waals surface area contributed by atoms with Crippen LogP contribution in [-0.2, 0) is 0 Å². The average molecular weight is 473 g/mol. The smallest absolute Gasteiger partial charge is 0.196 e. The van der Waals surface area contributed by atoms with Crippen LogP contribution in [0, 0.1) is 17.8 Å². The summed E-state index contributed by atoms with van der Waals surface area (Å²) in [6.07, 6.45) is 3.78. The third-order valence-corrected chi connectivity index (χ3v) is 8.21. The Morgan fingerprint density at radius 3 is 2.49 bits per heavy atom. The highest BCUT2D eigenvalue weighted by Crippen LogP contribution is 2.46. The van der Waals surface area contributed by atoms with Gasteiger partial charge in [0.1, 0.15) is 5.52 Å². The molecule has 1 aromatic heterocycles. The molecule has 2 aromatic carbocycles. The average Bonchev–Trinajstić information content (AvgIpc) is 3.28. The summed E-state index contributed by atoms with van der Waals surface area (Å²) in [5.41, 5.74) is 5.06. The van der Waals surface area contributed by atoms with Crippen LogP contribution in [0.5, 0.6) is 0 Å². The molecule has 0 amide bonds. The first-order chi connectivity index (χ1) is 17.0. The molecule has 35 heavy (non-hydrogen) atoms. The maximum Gasteiger partial charge on any atom is 0.196 e. The van der Waals surface area contributed by atoms with Gasteiger partial charge in [-0.25, -0.2) is 0 Å². The fourth-order valence-corrected chi connectivity index (χ4v) is 6.42. The third-order valence-electron chi connectivity index (χ3n) is 8.21. The molecule has 3 aliphatic rings. The van der Waals surface area contributed by atoms with E-state index in [0.717, 1.165) is 78.8 Å². The Morgan fingerprint density at radius 1 is 1.03 bits per heavy atom. The molecule has 0 bridgehead atoms. The molecule has 0 radical (unpaired) electrons. The summed E-state index contributed by atoms with van der Waals surface area (Å²) in [5.74, 6) is 2.84. The Morgan fingerprint density at radius 2 is 1.74 bits per heavy atom. The van der Waals surface area contributed by atoms with E-state index in [0.29, 0.717) is 23.0 Å². The van der Waals surface area contributed by atoms with Crippen molar-refractivity contribution >= 4 is 28.1 Å². The van der Waals surface area contributed by atoms with E-state index in [4.69, 9.17) is 4.52 Å². The number of nitrogens with zero attached hydrogens (tertiary/aromatic N) is 3. The van der Waals surface area contributed by atoms with E-state index in [-0.39, 0.29) is 5.78 Å². The van der Waals surface area contributed by atoms with Crippen LogP contribution in [0.2, 0.25) is 0 Å². The summed E-state index contributed by atoms with van der Waals surface area (Å²) in [6, 6.07) is 9.92. The standard InChI is InChI=1S/C29H36N4O2/c1-18-8-11-32(12-9-18)13-10-30-23-15-24(33-16-19(2)14-20(3)17-33)27-26-25(23)28(34)21-6-4-5-7-22(21)29(26)35-31-27/h4-7,15,18-20,30H,8-14,16-17H2,1-3H3/t19-,20+. The number of carbonyl (C=O) groups excluding carboxylic acids is 1. The van der Waals surface area contributed by atoms with E-state index >= 15 is 0 Å². The second-order valence-electron chi connectivity index (χ2n) is 11.2. The third kappa shape index (κ3) is 4.02. The van der Waals surface area contributed by atoms with E-state index in [1.807, 2.05) is 24.3 Å². The maximum absolute atomic E-state index is 13.8. The molecule has 1 aliphatic carbocycles. The highest BCUT2D eigenvalue weighted by molar-refractivity contribution is 6.28. The van der Waals surface area contributed by atoms with Gasteiger partial charge in [0, 0.05) is 43.0 Å². The first kappa shape index (κ1) is 22.6. The van der Waals surface area contributed by atoms with Crippen LogP contribution in [0.3, 0.4) is 0 Å². The molecule has 1 N–H and O–H groups in total. The number of hydrogen-bond acceptors (Lipinski definition) is 6. The summed E-state index contributed by atoms with van der Waals surface area (Å²) < 4.78 is 5.96. The lowest BCUT2D eigenvalue weighted by Crippen LogP contribution is -2.39. The van der Waals surface area contributed by atoms with Gasteiger partial charge in [0.2, 0.25) is 0 Å². The number of rotatable bonds is 5. The van der Waals surface area contributed by atoms with Crippen LogP contribution in [0.15, 0.2) is 34.9 Å². The number of fused-ring (bicyclic) bond motifs is 2. The molecular formula is C29H36N4O2. The Hall–Kier alpha value is -2.86. The minimum atomic E-state index is 0.0579. The van der Waals surface area contributed by atoms with Crippen molar-refractivity contribution in [2.75, 3.05) is 49.5 Å². The number of aromatic nitrogens is 1. The quantitative estimate of drug-likeness (QED) is 0.404. The minimum Gasteiger partial charge on any atom is -0.383 e. The lowest BCUT2D eigenvalue weighted by Gasteiger charge is -2.37. The highest BCUT2D eigenvalue weighted by atomic mass is 16.5. The molecule has 3 heterocycles. The fraction of sp³-hybridized carbons (Fsp3) is 0.517. The predicted octanol–water partition coefficient (Wildman–Crippen LogP) is 5.67. The number of hydrogen-bond donors (Lipinski definition) is 1. The van der Waals surface area contributed by atoms with Crippen molar-refractivity contribution in [1.82, 2.24) is 10.1 Å². The second kappa shape index (κ2) is 8.98. The van der Waals surface area contributed by atoms with Crippen LogP contribution in [0.25, 0.3) is 22.2 Å². The summed E-state index contributed by atoms with van der Waals surface area (Å²) in [5, 5.41) is 9.08. The van der Waals surface area contributed by atoms with E-state index in [2.05, 4.69) is 47.1 Å². The molecular weight excluding hydrogens is 436 g/mol. The molecule has 2 fully saturated rings. The highest BCUT2D eigenvalue weighted by Gasteiger charge is 2.34. The number of ketones is 1. The number of carbonyl (C=O) groups is 1. The van der Waals surface area contributed by atoms with Crippen LogP contribution in [-0.4, -0.2) is 55.1 Å². The van der Waals surface area contributed by atoms with Gasteiger partial charge in [-0.05, 0) is 56.2 Å². The molecule has 0 spiro atoms. The zero-order chi connectivity index (χ0) is 24.1. The second-order valence-corrected chi connectivity index (χ2v) is 11.2. The van der Waals surface area contributed by atoms with Crippen molar-refractivity contribution in [3.05, 3.63) is 41.5 Å². The number of benzene rings is 2. The zero-order valence-corrected chi connectivity index (χ0v) is 21.1. The Balaban J connectivity index is 1.40. The fourth-order valence-electron chi connectivity index (χ4n) is 6.42. The van der Waals surface area contributed by atoms with Gasteiger partial charge >= 0.3 is 0 Å². The summed E-state index contributed by atoms with van der Waals surface area (Å²) in [4.78, 5) is 18.8. The molecule has 184 valence electrons. The Labute approximate surface area is 207 Å². The molecule has 0 saturated carbocycles. The Kier molecular flexibility index (Phi) is 5.79. The van der Waals surface area contributed by atoms with Crippen molar-refractivity contribution < 1.29 is 9.32 Å². The normalized spacial score (nSPS) is 23.1. The molecule has 2 aliphatic heterocycles. The molecule has 0 unspecified atom stereocenters. The number of nitrogens with one attached hydrogen (secondary N) is 1. The van der Waals surface area contributed by atoms with Gasteiger partial charge in [-0.2, -0.15) is 0 Å². The number of piperidine rings is 2. The van der Waals surface area contributed by atoms with E-state index in [9.17, 15) is 4.79 Å². The predicted molar refractivity (Wildman–Crippen MR) is 141 cm³/mol. The van der Waals surface area contributed by atoms with Gasteiger partial charge in [-0.1, -0.05) is 50.2 Å². The first-order valence-electron chi connectivity index (χ1n) is 13.3. The first-order valence-corrected chi connectivity index (χ1v) is 13.3. The largest absolute Gasteiger partial charge is 0.383 e. The molecule has 2 saturated heterocycles. The number of likely N-dealkylation sites (tertiary alicyclic amines) is 1. The summed E-state index contributed by atoms with van der Waals surface area (Å²) in [7, 11) is 0. The van der Waals surface area contributed by atoms with E-state index < -0.39 is 0 Å². The molecule has 6 heteroatoms. The summed E-state index contributed by atoms with van der Waals surface area (Å²) in [6.45, 7) is 13.1. The van der Waals surface area contributed by atoms with Crippen molar-refractivity contribution in [1.29, 1.82) is 0 Å². The van der Waals surface area contributed by atoms with Crippen molar-refractivity contribution in [3.63, 3.8) is 0 Å². The van der Waals surface area contributed by atoms with E-state index in [1.165, 1.54) is 19.3 Å². The van der Waals surface area contributed by atoms with Gasteiger partial charge in [0.05, 0.1) is 16.6 Å². The van der Waals surface area contributed by atoms with Crippen LogP contribution in [0.1, 0.15) is 56.0 Å². The van der Waals surface area contributed by atoms with Crippen LogP contribution in [0.4, 0.5) is 11.4 Å². The topological polar surface area (TPSA) is 61.6 Å². The number of anilines is 2. The lowest BCUT2D eigenvalue weighted by atomic mass is 9.85. The molecule has 2 atom stereocenters. The minimum absolute atomic E-state index is 0.0579. The molecule has 6 rings (SSSR count). The maximum atomic E-state index is 13.8.